The molecule has 0 spiro atoms. The van der Waals surface area contributed by atoms with Crippen molar-refractivity contribution in [2.24, 2.45) is 18.7 Å². The highest BCUT2D eigenvalue weighted by Gasteiger charge is 2.29. The Morgan fingerprint density at radius 3 is 2.34 bits per heavy atom. The van der Waals surface area contributed by atoms with Gasteiger partial charge in [-0.05, 0) is 45.6 Å². The zero-order valence-corrected chi connectivity index (χ0v) is 20.4. The highest BCUT2D eigenvalue weighted by Crippen LogP contribution is 2.29. The van der Waals surface area contributed by atoms with Crippen LogP contribution in [-0.4, -0.2) is 32.8 Å². The Balaban J connectivity index is 0.00000392. The molecule has 0 aromatic carbocycles. The Kier molecular flexibility index (Phi) is 9.98. The van der Waals surface area contributed by atoms with Gasteiger partial charge in [-0.2, -0.15) is 5.10 Å². The number of amides is 1. The van der Waals surface area contributed by atoms with Crippen molar-refractivity contribution in [3.05, 3.63) is 32.2 Å². The van der Waals surface area contributed by atoms with Gasteiger partial charge in [-0.25, -0.2) is 9.67 Å². The lowest BCUT2D eigenvalue weighted by Crippen LogP contribution is -2.52. The predicted molar refractivity (Wildman–Crippen MR) is 124 cm³/mol. The first-order valence-electron chi connectivity index (χ1n) is 9.04. The van der Waals surface area contributed by atoms with Crippen LogP contribution in [-0.2, 0) is 7.05 Å². The first-order chi connectivity index (χ1) is 12.5. The summed E-state index contributed by atoms with van der Waals surface area (Å²) in [6.45, 7) is 12.0. The Labute approximate surface area is 188 Å². The van der Waals surface area contributed by atoms with Crippen molar-refractivity contribution < 1.29 is 4.79 Å². The normalized spacial score (nSPS) is 12.7. The second kappa shape index (κ2) is 10.5. The largest absolute Gasteiger partial charge is 0.345 e. The van der Waals surface area contributed by atoms with Crippen LogP contribution in [0.25, 0.3) is 10.6 Å². The van der Waals surface area contributed by atoms with Crippen LogP contribution in [0.2, 0.25) is 0 Å². The maximum absolute atomic E-state index is 12.9. The molecule has 3 N–H and O–H groups in total. The fourth-order valence-corrected chi connectivity index (χ4v) is 4.29. The van der Waals surface area contributed by atoms with Crippen LogP contribution in [0.4, 0.5) is 0 Å². The smallest absolute Gasteiger partial charge is 0.277 e. The van der Waals surface area contributed by atoms with E-state index in [1.54, 1.807) is 14.0 Å². The van der Waals surface area contributed by atoms with E-state index in [0.717, 1.165) is 17.7 Å². The molecule has 0 saturated carbocycles. The number of nitrogens with zero attached hydrogens (tertiary/aromatic N) is 3. The molecule has 2 aromatic heterocycles. The Bertz CT molecular complexity index is 926. The summed E-state index contributed by atoms with van der Waals surface area (Å²) in [6.07, 6.45) is 0.781. The molecule has 0 bridgehead atoms. The van der Waals surface area contributed by atoms with Crippen molar-refractivity contribution in [1.29, 1.82) is 0 Å². The molecular formula is C19H31Cl2N5O2S. The summed E-state index contributed by atoms with van der Waals surface area (Å²) >= 11 is 1.23. The van der Waals surface area contributed by atoms with Gasteiger partial charge >= 0.3 is 0 Å². The number of carbonyl (C=O) groups excluding carboxylic acids is 1. The fraction of sp³-hybridized carbons (Fsp3) is 0.579. The van der Waals surface area contributed by atoms with Crippen LogP contribution in [0.15, 0.2) is 4.79 Å². The second-order valence-corrected chi connectivity index (χ2v) is 8.76. The third kappa shape index (κ3) is 6.01. The van der Waals surface area contributed by atoms with Gasteiger partial charge in [0.15, 0.2) is 0 Å². The van der Waals surface area contributed by atoms with E-state index in [4.69, 9.17) is 5.73 Å². The lowest BCUT2D eigenvalue weighted by Gasteiger charge is -2.31. The number of aromatic nitrogens is 3. The number of halogens is 2. The highest BCUT2D eigenvalue weighted by molar-refractivity contribution is 7.17. The summed E-state index contributed by atoms with van der Waals surface area (Å²) in [5.41, 5.74) is 7.86. The average molecular weight is 464 g/mol. The number of hydrogen-bond donors (Lipinski definition) is 2. The number of rotatable bonds is 6. The molecule has 0 saturated heterocycles. The molecule has 7 nitrogen and oxygen atoms in total. The molecule has 164 valence electrons. The maximum Gasteiger partial charge on any atom is 0.277 e. The van der Waals surface area contributed by atoms with E-state index in [0.29, 0.717) is 33.6 Å². The Morgan fingerprint density at radius 2 is 1.83 bits per heavy atom. The number of thiazole rings is 1. The molecule has 1 unspecified atom stereocenters. The topological polar surface area (TPSA) is 103 Å². The molecule has 2 rings (SSSR count). The van der Waals surface area contributed by atoms with E-state index in [2.05, 4.69) is 29.2 Å². The van der Waals surface area contributed by atoms with Gasteiger partial charge in [0.05, 0.1) is 22.5 Å². The number of nitrogens with one attached hydrogen (secondary N) is 1. The summed E-state index contributed by atoms with van der Waals surface area (Å²) in [5.74, 6) is 0.201. The highest BCUT2D eigenvalue weighted by atomic mass is 35.5. The Morgan fingerprint density at radius 1 is 1.24 bits per heavy atom. The van der Waals surface area contributed by atoms with Gasteiger partial charge in [0.2, 0.25) is 0 Å². The van der Waals surface area contributed by atoms with E-state index in [1.807, 2.05) is 20.8 Å². The third-order valence-corrected chi connectivity index (χ3v) is 5.84. The molecule has 29 heavy (non-hydrogen) atoms. The number of carbonyl (C=O) groups is 1. The first kappa shape index (κ1) is 27.5. The molecule has 2 aromatic rings. The number of nitrogens with two attached hydrogens (primary N) is 1. The summed E-state index contributed by atoms with van der Waals surface area (Å²) in [6, 6.07) is 0. The van der Waals surface area contributed by atoms with Crippen LogP contribution in [0, 0.1) is 26.7 Å². The standard InChI is InChI=1S/C19H29N5O2S.2ClH/c1-10(2)8-19(6,9-20)22-16(25)15-13(5)21-17(27-15)14-11(3)12(4)23-24(7)18(14)26;;/h10H,8-9,20H2,1-7H3,(H,22,25);2*1H. The third-order valence-electron chi connectivity index (χ3n) is 4.67. The van der Waals surface area contributed by atoms with Crippen molar-refractivity contribution in [2.45, 2.75) is 53.5 Å². The van der Waals surface area contributed by atoms with E-state index < -0.39 is 5.54 Å². The molecule has 1 amide bonds. The first-order valence-corrected chi connectivity index (χ1v) is 9.85. The van der Waals surface area contributed by atoms with E-state index in [1.165, 1.54) is 16.0 Å². The molecule has 0 radical (unpaired) electrons. The molecule has 10 heteroatoms. The van der Waals surface area contributed by atoms with Gasteiger partial charge in [0, 0.05) is 13.6 Å². The molecule has 0 aliphatic heterocycles. The molecule has 1 atom stereocenters. The van der Waals surface area contributed by atoms with Crippen LogP contribution in [0.1, 0.15) is 53.8 Å². The van der Waals surface area contributed by atoms with Gasteiger partial charge in [0.1, 0.15) is 9.88 Å². The molecular weight excluding hydrogens is 433 g/mol. The fourth-order valence-electron chi connectivity index (χ4n) is 3.23. The monoisotopic (exact) mass is 463 g/mol. The van der Waals surface area contributed by atoms with Gasteiger partial charge < -0.3 is 11.1 Å². The number of hydrogen-bond acceptors (Lipinski definition) is 6. The lowest BCUT2D eigenvalue weighted by atomic mass is 9.90. The molecule has 0 aliphatic carbocycles. The summed E-state index contributed by atoms with van der Waals surface area (Å²) < 4.78 is 1.31. The van der Waals surface area contributed by atoms with Crippen molar-refractivity contribution in [3.63, 3.8) is 0 Å². The number of aryl methyl sites for hydroxylation is 3. The summed E-state index contributed by atoms with van der Waals surface area (Å²) in [5, 5.41) is 7.80. The van der Waals surface area contributed by atoms with Crippen molar-refractivity contribution >= 4 is 42.1 Å². The van der Waals surface area contributed by atoms with Crippen LogP contribution >= 0.6 is 36.2 Å². The van der Waals surface area contributed by atoms with Crippen molar-refractivity contribution in [3.8, 4) is 10.6 Å². The van der Waals surface area contributed by atoms with E-state index >= 15 is 0 Å². The van der Waals surface area contributed by atoms with Gasteiger partial charge in [0.25, 0.3) is 11.5 Å². The summed E-state index contributed by atoms with van der Waals surface area (Å²) in [4.78, 5) is 30.5. The van der Waals surface area contributed by atoms with Gasteiger partial charge in [-0.15, -0.1) is 36.2 Å². The zero-order valence-electron chi connectivity index (χ0n) is 18.0. The second-order valence-electron chi connectivity index (χ2n) is 7.76. The zero-order chi connectivity index (χ0) is 20.5. The predicted octanol–water partition coefficient (Wildman–Crippen LogP) is 3.17. The van der Waals surface area contributed by atoms with Crippen molar-refractivity contribution in [1.82, 2.24) is 20.1 Å². The summed E-state index contributed by atoms with van der Waals surface area (Å²) in [7, 11) is 1.62. The van der Waals surface area contributed by atoms with Crippen molar-refractivity contribution in [2.75, 3.05) is 6.54 Å². The lowest BCUT2D eigenvalue weighted by molar-refractivity contribution is 0.0901. The Hall–Kier alpha value is -1.48. The van der Waals surface area contributed by atoms with E-state index in [-0.39, 0.29) is 36.3 Å². The van der Waals surface area contributed by atoms with Crippen LogP contribution in [0.3, 0.4) is 0 Å². The van der Waals surface area contributed by atoms with E-state index in [9.17, 15) is 9.59 Å². The molecule has 0 aliphatic rings. The quantitative estimate of drug-likeness (QED) is 0.684. The minimum Gasteiger partial charge on any atom is -0.345 e. The van der Waals surface area contributed by atoms with Gasteiger partial charge in [-0.1, -0.05) is 13.8 Å². The van der Waals surface area contributed by atoms with Gasteiger partial charge in [-0.3, -0.25) is 9.59 Å². The average Bonchev–Trinajstić information content (AvgIpc) is 2.94. The minimum absolute atomic E-state index is 0. The van der Waals surface area contributed by atoms with Crippen LogP contribution < -0.4 is 16.6 Å². The SMILES string of the molecule is Cc1nc(-c2c(C)c(C)nn(C)c2=O)sc1C(=O)NC(C)(CN)CC(C)C.Cl.Cl. The molecule has 2 heterocycles. The maximum atomic E-state index is 12.9. The molecule has 0 fully saturated rings. The van der Waals surface area contributed by atoms with Crippen LogP contribution in [0.5, 0.6) is 0 Å². The minimum atomic E-state index is -0.485.